The Hall–Kier alpha value is -1.09. The summed E-state index contributed by atoms with van der Waals surface area (Å²) in [5.74, 6) is 0.711. The van der Waals surface area contributed by atoms with E-state index >= 15 is 0 Å². The fourth-order valence-corrected chi connectivity index (χ4v) is 1.63. The van der Waals surface area contributed by atoms with Crippen molar-refractivity contribution in [2.45, 2.75) is 13.0 Å². The zero-order valence-corrected chi connectivity index (χ0v) is 8.06. The molecule has 0 saturated carbocycles. The smallest absolute Gasteiger partial charge is 0.165 e. The Bertz CT molecular complexity index is 341. The van der Waals surface area contributed by atoms with Crippen LogP contribution in [-0.2, 0) is 0 Å². The molecule has 1 aliphatic rings. The van der Waals surface area contributed by atoms with E-state index in [4.69, 9.17) is 22.1 Å². The molecule has 0 aliphatic carbocycles. The molecule has 3 N–H and O–H groups in total. The molecule has 1 aromatic rings. The fraction of sp³-hybridized carbons (Fsp3) is 0.333. The number of nitrogens with one attached hydrogen (secondary N) is 1. The molecule has 0 aromatic heterocycles. The molecule has 2 rings (SSSR count). The molecule has 0 spiro atoms. The van der Waals surface area contributed by atoms with Crippen LogP contribution in [0.3, 0.4) is 0 Å². The van der Waals surface area contributed by atoms with Crippen LogP contribution in [-0.4, -0.2) is 12.6 Å². The summed E-state index contributed by atoms with van der Waals surface area (Å²) in [4.78, 5) is 0. The first-order chi connectivity index (χ1) is 6.16. The van der Waals surface area contributed by atoms with Gasteiger partial charge >= 0.3 is 0 Å². The van der Waals surface area contributed by atoms with Gasteiger partial charge in [0.2, 0.25) is 0 Å². The van der Waals surface area contributed by atoms with E-state index in [1.807, 2.05) is 13.0 Å². The van der Waals surface area contributed by atoms with Crippen molar-refractivity contribution in [2.24, 2.45) is 0 Å². The minimum atomic E-state index is 0.297. The van der Waals surface area contributed by atoms with Gasteiger partial charge in [-0.15, -0.1) is 0 Å². The van der Waals surface area contributed by atoms with Gasteiger partial charge in [0, 0.05) is 5.02 Å². The van der Waals surface area contributed by atoms with Gasteiger partial charge in [0.05, 0.1) is 17.4 Å². The molecule has 1 aliphatic heterocycles. The number of hydrogen-bond donors (Lipinski definition) is 2. The lowest BCUT2D eigenvalue weighted by molar-refractivity contribution is 0.293. The third kappa shape index (κ3) is 1.52. The van der Waals surface area contributed by atoms with Gasteiger partial charge in [-0.05, 0) is 19.1 Å². The third-order valence-corrected chi connectivity index (χ3v) is 2.18. The van der Waals surface area contributed by atoms with Crippen LogP contribution < -0.4 is 15.8 Å². The van der Waals surface area contributed by atoms with E-state index in [9.17, 15) is 0 Å². The molecule has 3 nitrogen and oxygen atoms in total. The molecule has 0 fully saturated rings. The molecular weight excluding hydrogens is 188 g/mol. The molecule has 1 unspecified atom stereocenters. The molecule has 4 heteroatoms. The Kier molecular flexibility index (Phi) is 1.96. The van der Waals surface area contributed by atoms with E-state index in [0.29, 0.717) is 29.1 Å². The van der Waals surface area contributed by atoms with Crippen molar-refractivity contribution in [3.8, 4) is 5.75 Å². The monoisotopic (exact) mass is 198 g/mol. The number of benzene rings is 1. The molecule has 13 heavy (non-hydrogen) atoms. The number of anilines is 2. The van der Waals surface area contributed by atoms with Gasteiger partial charge in [-0.3, -0.25) is 0 Å². The predicted molar refractivity (Wildman–Crippen MR) is 54.4 cm³/mol. The van der Waals surface area contributed by atoms with Crippen molar-refractivity contribution in [1.82, 2.24) is 0 Å². The number of nitrogen functional groups attached to an aromatic ring is 1. The van der Waals surface area contributed by atoms with Gasteiger partial charge in [0.15, 0.2) is 5.75 Å². The van der Waals surface area contributed by atoms with Gasteiger partial charge in [-0.2, -0.15) is 0 Å². The molecule has 1 atom stereocenters. The van der Waals surface area contributed by atoms with Crippen LogP contribution in [0, 0.1) is 0 Å². The average molecular weight is 199 g/mol. The number of rotatable bonds is 0. The van der Waals surface area contributed by atoms with Crippen LogP contribution in [0.5, 0.6) is 5.75 Å². The van der Waals surface area contributed by atoms with Crippen molar-refractivity contribution in [3.05, 3.63) is 17.2 Å². The summed E-state index contributed by atoms with van der Waals surface area (Å²) in [6, 6.07) is 3.81. The van der Waals surface area contributed by atoms with Crippen LogP contribution in [0.15, 0.2) is 12.1 Å². The molecular formula is C9H11ClN2O. The topological polar surface area (TPSA) is 47.3 Å². The highest BCUT2D eigenvalue weighted by molar-refractivity contribution is 6.31. The lowest BCUT2D eigenvalue weighted by Gasteiger charge is -2.25. The summed E-state index contributed by atoms with van der Waals surface area (Å²) in [6.45, 7) is 2.68. The zero-order valence-electron chi connectivity index (χ0n) is 7.30. The van der Waals surface area contributed by atoms with Gasteiger partial charge < -0.3 is 15.8 Å². The van der Waals surface area contributed by atoms with Crippen molar-refractivity contribution in [3.63, 3.8) is 0 Å². The number of halogens is 1. The SMILES string of the molecule is CC1COc2c(N)cc(Cl)cc2N1. The molecule has 0 amide bonds. The summed E-state index contributed by atoms with van der Waals surface area (Å²) in [5, 5.41) is 3.88. The summed E-state index contributed by atoms with van der Waals surface area (Å²) in [6.07, 6.45) is 0. The molecule has 0 saturated heterocycles. The van der Waals surface area contributed by atoms with E-state index in [-0.39, 0.29) is 0 Å². The van der Waals surface area contributed by atoms with E-state index in [2.05, 4.69) is 5.32 Å². The van der Waals surface area contributed by atoms with Crippen LogP contribution in [0.1, 0.15) is 6.92 Å². The van der Waals surface area contributed by atoms with Gasteiger partial charge in [-0.1, -0.05) is 11.6 Å². The lowest BCUT2D eigenvalue weighted by Crippen LogP contribution is -2.28. The average Bonchev–Trinajstić information content (AvgIpc) is 2.02. The second-order valence-electron chi connectivity index (χ2n) is 3.23. The summed E-state index contributed by atoms with van der Waals surface area (Å²) in [5.41, 5.74) is 7.20. The molecule has 0 bridgehead atoms. The summed E-state index contributed by atoms with van der Waals surface area (Å²) in [7, 11) is 0. The van der Waals surface area contributed by atoms with Crippen LogP contribution in [0.25, 0.3) is 0 Å². The van der Waals surface area contributed by atoms with Crippen LogP contribution >= 0.6 is 11.6 Å². The second kappa shape index (κ2) is 3.00. The van der Waals surface area contributed by atoms with Crippen molar-refractivity contribution in [2.75, 3.05) is 17.7 Å². The van der Waals surface area contributed by atoms with E-state index in [0.717, 1.165) is 5.69 Å². The van der Waals surface area contributed by atoms with Crippen molar-refractivity contribution >= 4 is 23.0 Å². The molecule has 1 heterocycles. The second-order valence-corrected chi connectivity index (χ2v) is 3.66. The minimum absolute atomic E-state index is 0.297. The van der Waals surface area contributed by atoms with Gasteiger partial charge in [-0.25, -0.2) is 0 Å². The van der Waals surface area contributed by atoms with Crippen LogP contribution in [0.2, 0.25) is 5.02 Å². The number of ether oxygens (including phenoxy) is 1. The highest BCUT2D eigenvalue weighted by Gasteiger charge is 2.17. The maximum atomic E-state index is 5.85. The zero-order chi connectivity index (χ0) is 9.42. The molecule has 70 valence electrons. The fourth-order valence-electron chi connectivity index (χ4n) is 1.40. The Morgan fingerprint density at radius 2 is 2.38 bits per heavy atom. The van der Waals surface area contributed by atoms with E-state index in [1.54, 1.807) is 6.07 Å². The molecule has 1 aromatic carbocycles. The Balaban J connectivity index is 2.47. The lowest BCUT2D eigenvalue weighted by atomic mass is 10.2. The minimum Gasteiger partial charge on any atom is -0.487 e. The standard InChI is InChI=1S/C9H11ClN2O/c1-5-4-13-9-7(11)2-6(10)3-8(9)12-5/h2-3,5,12H,4,11H2,1H3. The maximum Gasteiger partial charge on any atom is 0.165 e. The Labute approximate surface area is 81.8 Å². The Morgan fingerprint density at radius 3 is 3.15 bits per heavy atom. The van der Waals surface area contributed by atoms with Gasteiger partial charge in [0.1, 0.15) is 6.61 Å². The van der Waals surface area contributed by atoms with Crippen molar-refractivity contribution in [1.29, 1.82) is 0 Å². The summed E-state index contributed by atoms with van der Waals surface area (Å²) < 4.78 is 5.48. The normalized spacial score (nSPS) is 20.0. The summed E-state index contributed by atoms with van der Waals surface area (Å²) >= 11 is 5.85. The number of nitrogens with two attached hydrogens (primary N) is 1. The van der Waals surface area contributed by atoms with E-state index < -0.39 is 0 Å². The number of fused-ring (bicyclic) bond motifs is 1. The van der Waals surface area contributed by atoms with Gasteiger partial charge in [0.25, 0.3) is 0 Å². The first-order valence-corrected chi connectivity index (χ1v) is 4.53. The van der Waals surface area contributed by atoms with E-state index in [1.165, 1.54) is 0 Å². The predicted octanol–water partition coefficient (Wildman–Crippen LogP) is 2.12. The molecule has 0 radical (unpaired) electrons. The quantitative estimate of drug-likeness (QED) is 0.628. The first kappa shape index (κ1) is 8.51. The van der Waals surface area contributed by atoms with Crippen LogP contribution in [0.4, 0.5) is 11.4 Å². The highest BCUT2D eigenvalue weighted by atomic mass is 35.5. The number of hydrogen-bond acceptors (Lipinski definition) is 3. The maximum absolute atomic E-state index is 5.85. The first-order valence-electron chi connectivity index (χ1n) is 4.15. The van der Waals surface area contributed by atoms with Crippen molar-refractivity contribution < 1.29 is 4.74 Å². The Morgan fingerprint density at radius 1 is 1.62 bits per heavy atom. The highest BCUT2D eigenvalue weighted by Crippen LogP contribution is 2.37. The third-order valence-electron chi connectivity index (χ3n) is 1.96. The largest absolute Gasteiger partial charge is 0.487 e.